The Labute approximate surface area is 269 Å². The second kappa shape index (κ2) is 14.6. The van der Waals surface area contributed by atoms with Crippen molar-refractivity contribution in [2.75, 3.05) is 31.6 Å². The highest BCUT2D eigenvalue weighted by Gasteiger charge is 2.36. The zero-order valence-electron chi connectivity index (χ0n) is 25.3. The topological polar surface area (TPSA) is 99.2 Å². The molecule has 0 spiro atoms. The number of carbonyl (C=O) groups excluding carboxylic acids is 2. The SMILES string of the molecule is CCCOc1ccc(-c2nc(NC(=O)C3=CNC(N4CCC(C(=O)Cl)CC4)C=N3)sc2CN2CCC[C@H]2CC)cc1C(F)(F)F. The van der Waals surface area contributed by atoms with Crippen molar-refractivity contribution < 1.29 is 27.5 Å². The van der Waals surface area contributed by atoms with Crippen molar-refractivity contribution in [3.8, 4) is 17.0 Å². The van der Waals surface area contributed by atoms with Gasteiger partial charge in [0.05, 0.1) is 17.9 Å². The van der Waals surface area contributed by atoms with Crippen molar-refractivity contribution in [1.82, 2.24) is 20.1 Å². The number of aromatic nitrogens is 1. The van der Waals surface area contributed by atoms with Gasteiger partial charge in [-0.25, -0.2) is 4.98 Å². The van der Waals surface area contributed by atoms with Gasteiger partial charge in [0.1, 0.15) is 17.6 Å². The average molecular weight is 667 g/mol. The molecule has 45 heavy (non-hydrogen) atoms. The van der Waals surface area contributed by atoms with Gasteiger partial charge in [0.2, 0.25) is 5.24 Å². The summed E-state index contributed by atoms with van der Waals surface area (Å²) in [6, 6.07) is 4.41. The lowest BCUT2D eigenvalue weighted by Crippen LogP contribution is -2.50. The van der Waals surface area contributed by atoms with Gasteiger partial charge in [-0.1, -0.05) is 25.2 Å². The van der Waals surface area contributed by atoms with Gasteiger partial charge in [0.25, 0.3) is 5.91 Å². The van der Waals surface area contributed by atoms with Crippen molar-refractivity contribution in [3.63, 3.8) is 0 Å². The Kier molecular flexibility index (Phi) is 10.8. The summed E-state index contributed by atoms with van der Waals surface area (Å²) < 4.78 is 47.6. The maximum atomic E-state index is 14.1. The fourth-order valence-corrected chi connectivity index (χ4v) is 7.23. The molecule has 14 heteroatoms. The molecular formula is C31H38ClF3N6O3S. The number of thiazole rings is 1. The number of rotatable bonds is 11. The maximum Gasteiger partial charge on any atom is 0.419 e. The van der Waals surface area contributed by atoms with E-state index in [1.165, 1.54) is 23.6 Å². The Morgan fingerprint density at radius 3 is 2.60 bits per heavy atom. The first-order chi connectivity index (χ1) is 21.6. The van der Waals surface area contributed by atoms with Crippen LogP contribution in [0.1, 0.15) is 62.8 Å². The number of amides is 1. The van der Waals surface area contributed by atoms with Crippen LogP contribution >= 0.6 is 22.9 Å². The van der Waals surface area contributed by atoms with Gasteiger partial charge in [0.15, 0.2) is 5.13 Å². The van der Waals surface area contributed by atoms with Gasteiger partial charge in [-0.3, -0.25) is 29.7 Å². The van der Waals surface area contributed by atoms with E-state index in [1.54, 1.807) is 12.3 Å². The zero-order valence-corrected chi connectivity index (χ0v) is 26.9. The largest absolute Gasteiger partial charge is 0.493 e. The van der Waals surface area contributed by atoms with E-state index >= 15 is 0 Å². The summed E-state index contributed by atoms with van der Waals surface area (Å²) in [4.78, 5) is 38.9. The molecule has 1 aromatic carbocycles. The normalized spacial score (nSPS) is 21.4. The van der Waals surface area contributed by atoms with Gasteiger partial charge in [-0.2, -0.15) is 13.2 Å². The van der Waals surface area contributed by atoms with Gasteiger partial charge in [0, 0.05) is 54.4 Å². The Morgan fingerprint density at radius 2 is 1.96 bits per heavy atom. The van der Waals surface area contributed by atoms with Crippen LogP contribution in [0.3, 0.4) is 0 Å². The Hall–Kier alpha value is -3.00. The van der Waals surface area contributed by atoms with Crippen LogP contribution in [0.5, 0.6) is 5.75 Å². The predicted octanol–water partition coefficient (Wildman–Crippen LogP) is 6.25. The number of carbonyl (C=O) groups is 2. The van der Waals surface area contributed by atoms with E-state index in [0.717, 1.165) is 36.8 Å². The predicted molar refractivity (Wildman–Crippen MR) is 169 cm³/mol. The number of benzene rings is 1. The highest BCUT2D eigenvalue weighted by molar-refractivity contribution is 7.16. The molecule has 9 nitrogen and oxygen atoms in total. The summed E-state index contributed by atoms with van der Waals surface area (Å²) in [6.45, 7) is 6.90. The number of hydrogen-bond donors (Lipinski definition) is 2. The average Bonchev–Trinajstić information content (AvgIpc) is 3.66. The molecule has 2 saturated heterocycles. The molecule has 5 rings (SSSR count). The summed E-state index contributed by atoms with van der Waals surface area (Å²) in [5.41, 5.74) is 0.0103. The van der Waals surface area contributed by atoms with E-state index in [9.17, 15) is 22.8 Å². The second-order valence-corrected chi connectivity index (χ2v) is 13.0. The third-order valence-electron chi connectivity index (χ3n) is 8.48. The van der Waals surface area contributed by atoms with E-state index in [1.807, 2.05) is 6.92 Å². The summed E-state index contributed by atoms with van der Waals surface area (Å²) in [5, 5.41) is 5.96. The lowest BCUT2D eigenvalue weighted by molar-refractivity contribution is -0.139. The van der Waals surface area contributed by atoms with E-state index in [4.69, 9.17) is 16.3 Å². The van der Waals surface area contributed by atoms with Crippen LogP contribution in [-0.2, 0) is 22.3 Å². The highest BCUT2D eigenvalue weighted by Crippen LogP contribution is 2.41. The van der Waals surface area contributed by atoms with Crippen LogP contribution in [0.2, 0.25) is 0 Å². The molecule has 1 unspecified atom stereocenters. The number of halogens is 4. The molecule has 0 aliphatic carbocycles. The van der Waals surface area contributed by atoms with Crippen molar-refractivity contribution >= 4 is 45.4 Å². The number of piperidine rings is 1. The van der Waals surface area contributed by atoms with Crippen LogP contribution < -0.4 is 15.4 Å². The number of nitrogens with zero attached hydrogens (tertiary/aromatic N) is 4. The van der Waals surface area contributed by atoms with Gasteiger partial charge in [-0.05, 0) is 74.9 Å². The number of alkyl halides is 3. The molecule has 1 amide bonds. The summed E-state index contributed by atoms with van der Waals surface area (Å²) in [7, 11) is 0. The summed E-state index contributed by atoms with van der Waals surface area (Å²) >= 11 is 6.91. The number of likely N-dealkylation sites (tertiary alicyclic amines) is 2. The number of aliphatic imine (C=N–C) groups is 1. The molecule has 2 N–H and O–H groups in total. The Bertz CT molecular complexity index is 1440. The lowest BCUT2D eigenvalue weighted by atomic mass is 9.98. The van der Waals surface area contributed by atoms with Crippen LogP contribution in [0.25, 0.3) is 11.3 Å². The van der Waals surface area contributed by atoms with Crippen molar-refractivity contribution in [1.29, 1.82) is 0 Å². The minimum Gasteiger partial charge on any atom is -0.493 e. The fraction of sp³-hybridized carbons (Fsp3) is 0.548. The first-order valence-electron chi connectivity index (χ1n) is 15.4. The van der Waals surface area contributed by atoms with Crippen molar-refractivity contribution in [2.24, 2.45) is 10.9 Å². The third-order valence-corrected chi connectivity index (χ3v) is 9.74. The fourth-order valence-electron chi connectivity index (χ4n) is 6.01. The van der Waals surface area contributed by atoms with Crippen LogP contribution in [0.4, 0.5) is 18.3 Å². The molecular weight excluding hydrogens is 629 g/mol. The Balaban J connectivity index is 1.35. The summed E-state index contributed by atoms with van der Waals surface area (Å²) in [6.07, 6.45) is 3.36. The molecule has 0 bridgehead atoms. The van der Waals surface area contributed by atoms with Crippen molar-refractivity contribution in [2.45, 2.75) is 77.3 Å². The van der Waals surface area contributed by atoms with Crippen LogP contribution in [0.15, 0.2) is 35.1 Å². The molecule has 3 aliphatic heterocycles. The number of nitrogens with one attached hydrogen (secondary N) is 2. The maximum absolute atomic E-state index is 14.1. The number of ether oxygens (including phenoxy) is 1. The first kappa shape index (κ1) is 33.4. The number of anilines is 1. The quantitative estimate of drug-likeness (QED) is 0.274. The molecule has 3 aliphatic rings. The summed E-state index contributed by atoms with van der Waals surface area (Å²) in [5.74, 6) is -0.838. The molecule has 2 aromatic rings. The third kappa shape index (κ3) is 8.05. The minimum atomic E-state index is -4.61. The van der Waals surface area contributed by atoms with Gasteiger partial charge < -0.3 is 10.1 Å². The van der Waals surface area contributed by atoms with E-state index < -0.39 is 17.6 Å². The first-order valence-corrected chi connectivity index (χ1v) is 16.6. The molecule has 2 atom stereocenters. The van der Waals surface area contributed by atoms with Crippen molar-refractivity contribution in [3.05, 3.63) is 40.5 Å². The van der Waals surface area contributed by atoms with Crippen LogP contribution in [-0.4, -0.2) is 70.6 Å². The van der Waals surface area contributed by atoms with E-state index in [2.05, 4.69) is 37.3 Å². The molecule has 1 aromatic heterocycles. The monoisotopic (exact) mass is 666 g/mol. The van der Waals surface area contributed by atoms with Gasteiger partial charge >= 0.3 is 6.18 Å². The highest BCUT2D eigenvalue weighted by atomic mass is 35.5. The van der Waals surface area contributed by atoms with E-state index in [-0.39, 0.29) is 40.5 Å². The smallest absolute Gasteiger partial charge is 0.419 e. The molecule has 2 fully saturated rings. The van der Waals surface area contributed by atoms with E-state index in [0.29, 0.717) is 56.2 Å². The van der Waals surface area contributed by atoms with Gasteiger partial charge in [-0.15, -0.1) is 0 Å². The number of hydrogen-bond acceptors (Lipinski definition) is 9. The molecule has 244 valence electrons. The molecule has 0 saturated carbocycles. The molecule has 0 radical (unpaired) electrons. The lowest BCUT2D eigenvalue weighted by Gasteiger charge is -2.35. The second-order valence-electron chi connectivity index (χ2n) is 11.5. The Morgan fingerprint density at radius 1 is 1.18 bits per heavy atom. The van der Waals surface area contributed by atoms with Crippen LogP contribution in [0, 0.1) is 5.92 Å². The zero-order chi connectivity index (χ0) is 32.1. The molecule has 4 heterocycles. The minimum absolute atomic E-state index is 0.140. The standard InChI is InChI=1S/C31H38ClF3N6O3S/c1-3-14-44-24-8-7-20(15-22(24)31(33,34)35)27-25(18-41-11-5-6-21(41)4-2)45-30(38-27)39-29(43)23-16-37-26(17-36-23)40-12-9-19(10-13-40)28(32)42/h7-8,15-17,19,21,26,37H,3-6,9-14,18H2,1-2H3,(H,38,39,43)/t21-,26?/m1/s1.